The first-order valence-corrected chi connectivity index (χ1v) is 15.4. The summed E-state index contributed by atoms with van der Waals surface area (Å²) < 4.78 is 12.6. The predicted octanol–water partition coefficient (Wildman–Crippen LogP) is 11.0. The summed E-state index contributed by atoms with van der Waals surface area (Å²) in [4.78, 5) is 11.1. The van der Waals surface area contributed by atoms with Crippen molar-refractivity contribution >= 4 is 28.0 Å². The van der Waals surface area contributed by atoms with Crippen molar-refractivity contribution in [2.45, 2.75) is 27.2 Å². The van der Waals surface area contributed by atoms with Crippen molar-refractivity contribution in [1.82, 2.24) is 9.97 Å². The molecule has 0 N–H and O–H groups in total. The van der Waals surface area contributed by atoms with Gasteiger partial charge in [-0.2, -0.15) is 0 Å². The van der Waals surface area contributed by atoms with E-state index >= 15 is 0 Å². The number of pyridine rings is 2. The molecule has 0 fully saturated rings. The van der Waals surface area contributed by atoms with Crippen molar-refractivity contribution in [1.29, 1.82) is 0 Å². The molecule has 3 aromatic heterocycles. The van der Waals surface area contributed by atoms with E-state index in [1.165, 1.54) is 5.56 Å². The molecule has 0 saturated carbocycles. The van der Waals surface area contributed by atoms with Crippen LogP contribution in [0.15, 0.2) is 138 Å². The molecule has 0 unspecified atom stereocenters. The first-order chi connectivity index (χ1) is 22.4. The third-order valence-corrected chi connectivity index (χ3v) is 7.60. The fourth-order valence-electron chi connectivity index (χ4n) is 5.70. The Labute approximate surface area is 289 Å². The first kappa shape index (κ1) is 31.9. The average molecular weight is 792 g/mol. The quantitative estimate of drug-likeness (QED) is 0.166. The molecule has 47 heavy (non-hydrogen) atoms. The van der Waals surface area contributed by atoms with Crippen LogP contribution in [-0.2, 0) is 26.5 Å². The van der Waals surface area contributed by atoms with Gasteiger partial charge in [-0.05, 0) is 65.0 Å². The van der Waals surface area contributed by atoms with Gasteiger partial charge in [0.05, 0.1) is 11.3 Å². The van der Waals surface area contributed by atoms with Gasteiger partial charge in [-0.3, -0.25) is 0 Å². The molecule has 7 aromatic rings. The molecule has 1 radical (unpaired) electrons. The van der Waals surface area contributed by atoms with Gasteiger partial charge in [0.1, 0.15) is 5.69 Å². The van der Waals surface area contributed by atoms with Gasteiger partial charge >= 0.3 is 5.95 Å². The van der Waals surface area contributed by atoms with Gasteiger partial charge in [0, 0.05) is 38.2 Å². The predicted molar refractivity (Wildman–Crippen MR) is 185 cm³/mol. The summed E-state index contributed by atoms with van der Waals surface area (Å²) in [5, 5.41) is 0.963. The van der Waals surface area contributed by atoms with Crippen molar-refractivity contribution in [2.75, 3.05) is 4.90 Å². The number of fused-ring (bicyclic) bond motifs is 4. The molecule has 0 aliphatic carbocycles. The molecule has 0 amide bonds. The number of furan rings is 1. The number of hydrogen-bond donors (Lipinski definition) is 0. The van der Waals surface area contributed by atoms with Crippen LogP contribution in [0.3, 0.4) is 0 Å². The normalized spacial score (nSPS) is 11.8. The maximum Gasteiger partial charge on any atom is 0.305 e. The van der Waals surface area contributed by atoms with Gasteiger partial charge < -0.3 is 24.0 Å². The van der Waals surface area contributed by atoms with E-state index in [4.69, 9.17) is 9.15 Å². The third kappa shape index (κ3) is 6.90. The number of aromatic nitrogens is 2. The van der Waals surface area contributed by atoms with Gasteiger partial charge in [-0.15, -0.1) is 54.1 Å². The van der Waals surface area contributed by atoms with Crippen LogP contribution in [0.4, 0.5) is 17.1 Å². The van der Waals surface area contributed by atoms with E-state index in [2.05, 4.69) is 78.1 Å². The van der Waals surface area contributed by atoms with Gasteiger partial charge in [0.2, 0.25) is 0 Å². The van der Waals surface area contributed by atoms with E-state index < -0.39 is 0 Å². The van der Waals surface area contributed by atoms with Gasteiger partial charge in [0.15, 0.2) is 5.75 Å². The van der Waals surface area contributed by atoms with Crippen LogP contribution < -0.4 is 9.64 Å². The minimum Gasteiger partial charge on any atom is -0.472 e. The van der Waals surface area contributed by atoms with Crippen LogP contribution in [-0.4, -0.2) is 9.97 Å². The van der Waals surface area contributed by atoms with E-state index in [0.29, 0.717) is 5.95 Å². The smallest absolute Gasteiger partial charge is 0.305 e. The SMILES string of the molecule is CC(C)(C)Cc1ccnc(-c2[c-]ccc3c4c(oc23)Oc2ccccc2N4c2ccccc2)c1.[Ir].[c-]1ccccc1-c1ccccn1. The Morgan fingerprint density at radius 1 is 0.723 bits per heavy atom. The molecular weight excluding hydrogens is 759 g/mol. The number of anilines is 3. The topological polar surface area (TPSA) is 51.4 Å². The zero-order chi connectivity index (χ0) is 31.5. The van der Waals surface area contributed by atoms with Crippen LogP contribution in [0, 0.1) is 17.5 Å². The van der Waals surface area contributed by atoms with Crippen LogP contribution in [0.2, 0.25) is 0 Å². The van der Waals surface area contributed by atoms with Crippen molar-refractivity contribution in [3.63, 3.8) is 0 Å². The fraction of sp³-hybridized carbons (Fsp3) is 0.122. The molecule has 4 aromatic carbocycles. The molecule has 1 aliphatic heterocycles. The van der Waals surface area contributed by atoms with Crippen LogP contribution in [0.1, 0.15) is 26.3 Å². The maximum atomic E-state index is 6.39. The summed E-state index contributed by atoms with van der Waals surface area (Å²) >= 11 is 0. The minimum absolute atomic E-state index is 0. The second kappa shape index (κ2) is 13.8. The van der Waals surface area contributed by atoms with Crippen molar-refractivity contribution < 1.29 is 29.3 Å². The molecule has 8 rings (SSSR count). The van der Waals surface area contributed by atoms with Crippen molar-refractivity contribution in [2.24, 2.45) is 5.41 Å². The summed E-state index contributed by atoms with van der Waals surface area (Å²) in [7, 11) is 0. The van der Waals surface area contributed by atoms with Gasteiger partial charge in [-0.25, -0.2) is 0 Å². The Morgan fingerprint density at radius 2 is 1.49 bits per heavy atom. The van der Waals surface area contributed by atoms with Crippen LogP contribution in [0.25, 0.3) is 33.5 Å². The summed E-state index contributed by atoms with van der Waals surface area (Å²) in [6.45, 7) is 6.73. The molecule has 235 valence electrons. The minimum atomic E-state index is 0. The van der Waals surface area contributed by atoms with Crippen LogP contribution >= 0.6 is 0 Å². The fourth-order valence-corrected chi connectivity index (χ4v) is 5.70. The number of nitrogens with zero attached hydrogens (tertiary/aromatic N) is 3. The molecule has 5 nitrogen and oxygen atoms in total. The monoisotopic (exact) mass is 792 g/mol. The van der Waals surface area contributed by atoms with E-state index in [1.54, 1.807) is 6.20 Å². The summed E-state index contributed by atoms with van der Waals surface area (Å²) in [6, 6.07) is 46.7. The molecule has 1 aliphatic rings. The Morgan fingerprint density at radius 3 is 2.26 bits per heavy atom. The zero-order valence-corrected chi connectivity index (χ0v) is 28.8. The number of benzene rings is 4. The summed E-state index contributed by atoms with van der Waals surface area (Å²) in [5.41, 5.74) is 8.76. The zero-order valence-electron chi connectivity index (χ0n) is 26.4. The number of rotatable bonds is 4. The standard InChI is InChI=1S/C30H25N2O2.C11H8N.Ir/c1-30(2,3)19-20-16-17-31-24(18-20)22-12-9-13-23-27-29(34-28(22)23)33-26-15-8-7-14-25(26)32(27)21-10-5-4-6-11-21;1-2-6-10(7-3-1)11-8-4-5-9-12-11;/h4-11,13-18H,19H2,1-3H3;1-6,8-9H;/q2*-1;. The Kier molecular flexibility index (Phi) is 9.35. The van der Waals surface area contributed by atoms with E-state index in [1.807, 2.05) is 97.2 Å². The van der Waals surface area contributed by atoms with Gasteiger partial charge in [0.25, 0.3) is 0 Å². The largest absolute Gasteiger partial charge is 0.472 e. The molecule has 0 spiro atoms. The molecule has 0 bridgehead atoms. The van der Waals surface area contributed by atoms with Crippen molar-refractivity contribution in [3.05, 3.63) is 151 Å². The Hall–Kier alpha value is -5.03. The third-order valence-electron chi connectivity index (χ3n) is 7.60. The second-order valence-corrected chi connectivity index (χ2v) is 12.4. The van der Waals surface area contributed by atoms with Crippen LogP contribution in [0.5, 0.6) is 11.7 Å². The second-order valence-electron chi connectivity index (χ2n) is 12.4. The summed E-state index contributed by atoms with van der Waals surface area (Å²) in [6.07, 6.45) is 4.62. The molecule has 0 saturated heterocycles. The molecule has 0 atom stereocenters. The summed E-state index contributed by atoms with van der Waals surface area (Å²) in [5.74, 6) is 1.23. The maximum absolute atomic E-state index is 6.39. The Bertz CT molecular complexity index is 2050. The number of hydrogen-bond acceptors (Lipinski definition) is 5. The first-order valence-electron chi connectivity index (χ1n) is 15.4. The molecule has 4 heterocycles. The van der Waals surface area contributed by atoms with Gasteiger partial charge in [-0.1, -0.05) is 80.4 Å². The number of ether oxygens (including phenoxy) is 1. The average Bonchev–Trinajstić information content (AvgIpc) is 3.46. The van der Waals surface area contributed by atoms with Crippen molar-refractivity contribution in [3.8, 4) is 34.2 Å². The van der Waals surface area contributed by atoms with E-state index in [-0.39, 0.29) is 25.5 Å². The van der Waals surface area contributed by atoms with E-state index in [0.717, 1.165) is 62.7 Å². The van der Waals surface area contributed by atoms with E-state index in [9.17, 15) is 0 Å². The Balaban J connectivity index is 0.000000250. The molecule has 6 heteroatoms. The molecular formula is C41H33IrN3O2-2. The number of para-hydroxylation sites is 3.